The molecule has 2 aliphatic heterocycles. The average Bonchev–Trinajstić information content (AvgIpc) is 3.31. The number of rotatable bonds is 8. The molecular formula is C22H39N5OS. The summed E-state index contributed by atoms with van der Waals surface area (Å²) < 4.78 is 5.58. The zero-order valence-electron chi connectivity index (χ0n) is 18.4. The predicted molar refractivity (Wildman–Crippen MR) is 124 cm³/mol. The SMILES string of the molecule is CCC(CC)C(CNC(=NC)NC1CCN(c2cccs2)CC1)N1CCOCC1. The minimum Gasteiger partial charge on any atom is -0.379 e. The van der Waals surface area contributed by atoms with E-state index in [4.69, 9.17) is 4.74 Å². The zero-order valence-corrected chi connectivity index (χ0v) is 19.2. The van der Waals surface area contributed by atoms with E-state index in [0.29, 0.717) is 18.0 Å². The van der Waals surface area contributed by atoms with Crippen LogP contribution in [0.25, 0.3) is 0 Å². The summed E-state index contributed by atoms with van der Waals surface area (Å²) in [6.07, 6.45) is 4.73. The van der Waals surface area contributed by atoms with Gasteiger partial charge in [0.2, 0.25) is 0 Å². The molecule has 1 aromatic heterocycles. The number of thiophene rings is 1. The summed E-state index contributed by atoms with van der Waals surface area (Å²) in [5, 5.41) is 10.9. The molecule has 2 saturated heterocycles. The van der Waals surface area contributed by atoms with E-state index in [1.165, 1.54) is 17.8 Å². The molecule has 3 heterocycles. The Hall–Kier alpha value is -1.31. The molecule has 29 heavy (non-hydrogen) atoms. The van der Waals surface area contributed by atoms with Crippen LogP contribution in [-0.4, -0.2) is 75.9 Å². The predicted octanol–water partition coefficient (Wildman–Crippen LogP) is 3.02. The maximum absolute atomic E-state index is 5.58. The average molecular weight is 422 g/mol. The number of hydrogen-bond acceptors (Lipinski definition) is 5. The Balaban J connectivity index is 1.49. The molecule has 0 bridgehead atoms. The minimum absolute atomic E-state index is 0.493. The van der Waals surface area contributed by atoms with Crippen LogP contribution in [-0.2, 0) is 4.74 Å². The van der Waals surface area contributed by atoms with Gasteiger partial charge in [-0.1, -0.05) is 26.7 Å². The quantitative estimate of drug-likeness (QED) is 0.499. The van der Waals surface area contributed by atoms with Gasteiger partial charge in [-0.05, 0) is 36.3 Å². The van der Waals surface area contributed by atoms with Crippen molar-refractivity contribution in [1.82, 2.24) is 15.5 Å². The highest BCUT2D eigenvalue weighted by molar-refractivity contribution is 7.14. The van der Waals surface area contributed by atoms with E-state index < -0.39 is 0 Å². The highest BCUT2D eigenvalue weighted by Gasteiger charge is 2.27. The van der Waals surface area contributed by atoms with E-state index in [-0.39, 0.29) is 0 Å². The van der Waals surface area contributed by atoms with Gasteiger partial charge in [-0.25, -0.2) is 0 Å². The van der Waals surface area contributed by atoms with Crippen molar-refractivity contribution in [2.24, 2.45) is 10.9 Å². The van der Waals surface area contributed by atoms with Gasteiger partial charge in [0.25, 0.3) is 0 Å². The number of aliphatic imine (C=N–C) groups is 1. The van der Waals surface area contributed by atoms with E-state index in [2.05, 4.69) is 56.8 Å². The van der Waals surface area contributed by atoms with Crippen molar-refractivity contribution in [3.05, 3.63) is 17.5 Å². The number of nitrogens with zero attached hydrogens (tertiary/aromatic N) is 3. The number of morpholine rings is 1. The number of nitrogens with one attached hydrogen (secondary N) is 2. The first kappa shape index (κ1) is 22.4. The summed E-state index contributed by atoms with van der Waals surface area (Å²) in [6.45, 7) is 11.6. The third-order valence-electron chi connectivity index (χ3n) is 6.46. The largest absolute Gasteiger partial charge is 0.379 e. The van der Waals surface area contributed by atoms with Crippen molar-refractivity contribution in [3.63, 3.8) is 0 Å². The molecule has 1 atom stereocenters. The molecule has 0 aliphatic carbocycles. The third kappa shape index (κ3) is 6.33. The molecule has 0 amide bonds. The molecule has 2 aliphatic rings. The lowest BCUT2D eigenvalue weighted by atomic mass is 9.92. The lowest BCUT2D eigenvalue weighted by Crippen LogP contribution is -2.55. The second-order valence-electron chi connectivity index (χ2n) is 8.10. The van der Waals surface area contributed by atoms with Crippen LogP contribution in [0.5, 0.6) is 0 Å². The van der Waals surface area contributed by atoms with Crippen LogP contribution in [0.15, 0.2) is 22.5 Å². The van der Waals surface area contributed by atoms with Crippen LogP contribution >= 0.6 is 11.3 Å². The van der Waals surface area contributed by atoms with Crippen LogP contribution < -0.4 is 15.5 Å². The zero-order chi connectivity index (χ0) is 20.5. The van der Waals surface area contributed by atoms with Crippen molar-refractivity contribution in [2.45, 2.75) is 51.6 Å². The first-order valence-corrected chi connectivity index (χ1v) is 12.2. The molecule has 0 radical (unpaired) electrons. The van der Waals surface area contributed by atoms with Gasteiger partial charge in [-0.3, -0.25) is 9.89 Å². The van der Waals surface area contributed by atoms with E-state index in [0.717, 1.165) is 64.7 Å². The smallest absolute Gasteiger partial charge is 0.191 e. The molecule has 164 valence electrons. The summed E-state index contributed by atoms with van der Waals surface area (Å²) in [5.41, 5.74) is 0. The van der Waals surface area contributed by atoms with Crippen LogP contribution in [0.3, 0.4) is 0 Å². The van der Waals surface area contributed by atoms with Crippen molar-refractivity contribution >= 4 is 22.3 Å². The van der Waals surface area contributed by atoms with Gasteiger partial charge in [-0.15, -0.1) is 11.3 Å². The minimum atomic E-state index is 0.493. The van der Waals surface area contributed by atoms with E-state index in [9.17, 15) is 0 Å². The number of piperidine rings is 1. The Morgan fingerprint density at radius 2 is 1.93 bits per heavy atom. The van der Waals surface area contributed by atoms with E-state index >= 15 is 0 Å². The molecule has 6 nitrogen and oxygen atoms in total. The van der Waals surface area contributed by atoms with Crippen LogP contribution in [0.2, 0.25) is 0 Å². The summed E-state index contributed by atoms with van der Waals surface area (Å²) in [7, 11) is 1.89. The fraction of sp³-hybridized carbons (Fsp3) is 0.773. The Kier molecular flexibility index (Phi) is 9.08. The first-order valence-electron chi connectivity index (χ1n) is 11.3. The van der Waals surface area contributed by atoms with E-state index in [1.54, 1.807) is 0 Å². The van der Waals surface area contributed by atoms with Gasteiger partial charge < -0.3 is 20.3 Å². The highest BCUT2D eigenvalue weighted by Crippen LogP contribution is 2.25. The van der Waals surface area contributed by atoms with Crippen LogP contribution in [0, 0.1) is 5.92 Å². The maximum atomic E-state index is 5.58. The number of anilines is 1. The Labute approximate surface area is 180 Å². The van der Waals surface area contributed by atoms with Crippen molar-refractivity contribution in [2.75, 3.05) is 57.9 Å². The van der Waals surface area contributed by atoms with Crippen molar-refractivity contribution in [3.8, 4) is 0 Å². The van der Waals surface area contributed by atoms with E-state index in [1.807, 2.05) is 18.4 Å². The fourth-order valence-electron chi connectivity index (χ4n) is 4.62. The molecule has 1 unspecified atom stereocenters. The number of ether oxygens (including phenoxy) is 1. The number of hydrogen-bond donors (Lipinski definition) is 2. The third-order valence-corrected chi connectivity index (χ3v) is 7.39. The molecule has 0 aromatic carbocycles. The maximum Gasteiger partial charge on any atom is 0.191 e. The van der Waals surface area contributed by atoms with Crippen LogP contribution in [0.4, 0.5) is 5.00 Å². The molecule has 0 spiro atoms. The second kappa shape index (κ2) is 11.8. The normalized spacial score (nSPS) is 20.8. The summed E-state index contributed by atoms with van der Waals surface area (Å²) >= 11 is 1.84. The van der Waals surface area contributed by atoms with Gasteiger partial charge in [0.15, 0.2) is 5.96 Å². The summed E-state index contributed by atoms with van der Waals surface area (Å²) in [5.74, 6) is 1.65. The first-order chi connectivity index (χ1) is 14.2. The molecule has 1 aromatic rings. The summed E-state index contributed by atoms with van der Waals surface area (Å²) in [6, 6.07) is 5.39. The second-order valence-corrected chi connectivity index (χ2v) is 9.03. The molecule has 3 rings (SSSR count). The molecule has 2 N–H and O–H groups in total. The van der Waals surface area contributed by atoms with Gasteiger partial charge in [0.05, 0.1) is 18.2 Å². The van der Waals surface area contributed by atoms with Gasteiger partial charge >= 0.3 is 0 Å². The standard InChI is InChI=1S/C22H39N5OS/c1-4-18(5-2)20(26-12-14-28-15-13-26)17-24-22(23-3)25-19-8-10-27(11-9-19)21-7-6-16-29-21/h6-7,16,18-20H,4-5,8-15,17H2,1-3H3,(H2,23,24,25). The Bertz CT molecular complexity index is 590. The summed E-state index contributed by atoms with van der Waals surface area (Å²) in [4.78, 5) is 9.63. The molecule has 0 saturated carbocycles. The monoisotopic (exact) mass is 421 g/mol. The van der Waals surface area contributed by atoms with Gasteiger partial charge in [0, 0.05) is 51.9 Å². The van der Waals surface area contributed by atoms with Crippen molar-refractivity contribution in [1.29, 1.82) is 0 Å². The highest BCUT2D eigenvalue weighted by atomic mass is 32.1. The van der Waals surface area contributed by atoms with Crippen LogP contribution in [0.1, 0.15) is 39.5 Å². The fourth-order valence-corrected chi connectivity index (χ4v) is 5.40. The molecule has 2 fully saturated rings. The topological polar surface area (TPSA) is 52.1 Å². The Morgan fingerprint density at radius 1 is 1.21 bits per heavy atom. The molecular weight excluding hydrogens is 382 g/mol. The van der Waals surface area contributed by atoms with Crippen molar-refractivity contribution < 1.29 is 4.74 Å². The molecule has 7 heteroatoms. The lowest BCUT2D eigenvalue weighted by Gasteiger charge is -2.39. The lowest BCUT2D eigenvalue weighted by molar-refractivity contribution is 0.00271. The van der Waals surface area contributed by atoms with Gasteiger partial charge in [0.1, 0.15) is 0 Å². The number of guanidine groups is 1. The van der Waals surface area contributed by atoms with Gasteiger partial charge in [-0.2, -0.15) is 0 Å². The Morgan fingerprint density at radius 3 is 2.52 bits per heavy atom.